The summed E-state index contributed by atoms with van der Waals surface area (Å²) in [7, 11) is -3.15. The van der Waals surface area contributed by atoms with E-state index in [4.69, 9.17) is 5.73 Å². The Morgan fingerprint density at radius 2 is 0.933 bits per heavy atom. The van der Waals surface area contributed by atoms with Gasteiger partial charge >= 0.3 is 0 Å². The van der Waals surface area contributed by atoms with Gasteiger partial charge in [0, 0.05) is 16.7 Å². The molecule has 4 aromatic carbocycles. The van der Waals surface area contributed by atoms with Gasteiger partial charge in [0.25, 0.3) is 0 Å². The molecule has 3 nitrogen and oxygen atoms in total. The largest absolute Gasteiger partial charge is 0.322 e. The van der Waals surface area contributed by atoms with E-state index in [-0.39, 0.29) is 12.1 Å². The first-order valence-electron chi connectivity index (χ1n) is 10.0. The average molecular weight is 412 g/mol. The van der Waals surface area contributed by atoms with E-state index in [0.717, 1.165) is 21.7 Å². The van der Waals surface area contributed by atoms with Gasteiger partial charge in [-0.3, -0.25) is 9.65 Å². The van der Waals surface area contributed by atoms with Gasteiger partial charge in [0.15, 0.2) is 0 Å². The lowest BCUT2D eigenvalue weighted by atomic mass is 9.95. The summed E-state index contributed by atoms with van der Waals surface area (Å²) in [6.45, 7) is 0. The predicted octanol–water partition coefficient (Wildman–Crippen LogP) is 4.95. The molecule has 0 saturated carbocycles. The van der Waals surface area contributed by atoms with E-state index >= 15 is 0 Å². The minimum absolute atomic E-state index is 0.333. The van der Waals surface area contributed by atoms with Gasteiger partial charge in [0.2, 0.25) is 7.29 Å². The van der Waals surface area contributed by atoms with Crippen molar-refractivity contribution >= 4 is 17.9 Å². The highest BCUT2D eigenvalue weighted by atomic mass is 31.2. The molecule has 4 heteroatoms. The van der Waals surface area contributed by atoms with Crippen LogP contribution in [-0.2, 0) is 4.57 Å². The fourth-order valence-electron chi connectivity index (χ4n) is 3.66. The van der Waals surface area contributed by atoms with Crippen LogP contribution in [0.1, 0.15) is 23.2 Å². The Balaban J connectivity index is 1.82. The van der Waals surface area contributed by atoms with Gasteiger partial charge in [-0.15, -0.1) is 0 Å². The van der Waals surface area contributed by atoms with Crippen LogP contribution in [0.5, 0.6) is 0 Å². The lowest BCUT2D eigenvalue weighted by Gasteiger charge is -2.31. The summed E-state index contributed by atoms with van der Waals surface area (Å²) in [5, 5.41) is 5.03. The van der Waals surface area contributed by atoms with Crippen LogP contribution in [0.3, 0.4) is 0 Å². The van der Waals surface area contributed by atoms with Gasteiger partial charge in [-0.1, -0.05) is 97.1 Å². The minimum atomic E-state index is -3.15. The Labute approximate surface area is 178 Å². The second-order valence-electron chi connectivity index (χ2n) is 7.23. The summed E-state index contributed by atoms with van der Waals surface area (Å²) < 4.78 is 14.6. The molecule has 150 valence electrons. The maximum Gasteiger partial charge on any atom is 0.205 e. The molecule has 2 atom stereocenters. The standard InChI is InChI=1S/C26H25N2OP/c27-25(21-13-5-1-6-14-21)26(22-15-7-2-8-16-22)28-30(29,23-17-9-3-10-18-23)24-19-11-4-12-20-24/h1-20,25-26H,27H2,(H,28,29). The summed E-state index contributed by atoms with van der Waals surface area (Å²) >= 11 is 0. The van der Waals surface area contributed by atoms with Gasteiger partial charge in [0.1, 0.15) is 0 Å². The molecule has 0 heterocycles. The van der Waals surface area contributed by atoms with Crippen molar-refractivity contribution in [3.8, 4) is 0 Å². The SMILES string of the molecule is NC(c1ccccc1)C(NP(=O)(c1ccccc1)c1ccccc1)c1ccccc1. The van der Waals surface area contributed by atoms with Gasteiger partial charge in [0.05, 0.1) is 6.04 Å². The van der Waals surface area contributed by atoms with E-state index in [9.17, 15) is 4.57 Å². The smallest absolute Gasteiger partial charge is 0.205 e. The van der Waals surface area contributed by atoms with E-state index in [0.29, 0.717) is 0 Å². The fraction of sp³-hybridized carbons (Fsp3) is 0.0769. The van der Waals surface area contributed by atoms with Gasteiger partial charge in [-0.25, -0.2) is 0 Å². The van der Waals surface area contributed by atoms with Crippen LogP contribution in [0.15, 0.2) is 121 Å². The molecule has 0 aliphatic carbocycles. The Morgan fingerprint density at radius 1 is 0.567 bits per heavy atom. The van der Waals surface area contributed by atoms with Crippen molar-refractivity contribution in [1.29, 1.82) is 0 Å². The Bertz CT molecular complexity index is 1060. The lowest BCUT2D eigenvalue weighted by molar-refractivity contribution is 0.511. The van der Waals surface area contributed by atoms with E-state index in [1.165, 1.54) is 0 Å². The summed E-state index contributed by atoms with van der Waals surface area (Å²) in [4.78, 5) is 0. The van der Waals surface area contributed by atoms with Crippen molar-refractivity contribution in [1.82, 2.24) is 5.09 Å². The van der Waals surface area contributed by atoms with Crippen LogP contribution in [0.25, 0.3) is 0 Å². The van der Waals surface area contributed by atoms with E-state index in [2.05, 4.69) is 5.09 Å². The fourth-order valence-corrected chi connectivity index (χ4v) is 6.14. The Kier molecular flexibility index (Phi) is 6.25. The molecule has 0 saturated heterocycles. The molecule has 30 heavy (non-hydrogen) atoms. The number of hydrogen-bond donors (Lipinski definition) is 2. The van der Waals surface area contributed by atoms with Crippen molar-refractivity contribution in [2.75, 3.05) is 0 Å². The number of hydrogen-bond acceptors (Lipinski definition) is 2. The second kappa shape index (κ2) is 9.23. The molecule has 0 spiro atoms. The topological polar surface area (TPSA) is 55.1 Å². The molecule has 0 aliphatic heterocycles. The van der Waals surface area contributed by atoms with Crippen LogP contribution in [0, 0.1) is 0 Å². The lowest BCUT2D eigenvalue weighted by Crippen LogP contribution is -2.36. The first-order chi connectivity index (χ1) is 14.7. The van der Waals surface area contributed by atoms with Gasteiger partial charge in [-0.05, 0) is 35.4 Å². The highest BCUT2D eigenvalue weighted by Gasteiger charge is 2.33. The second-order valence-corrected chi connectivity index (χ2v) is 9.74. The molecule has 0 aromatic heterocycles. The quantitative estimate of drug-likeness (QED) is 0.423. The van der Waals surface area contributed by atoms with Crippen LogP contribution >= 0.6 is 7.29 Å². The zero-order valence-electron chi connectivity index (χ0n) is 16.6. The monoisotopic (exact) mass is 412 g/mol. The molecule has 4 rings (SSSR count). The van der Waals surface area contributed by atoms with E-state index in [1.54, 1.807) is 0 Å². The molecule has 0 aliphatic rings. The highest BCUT2D eigenvalue weighted by molar-refractivity contribution is 7.76. The van der Waals surface area contributed by atoms with Crippen molar-refractivity contribution in [2.24, 2.45) is 5.73 Å². The van der Waals surface area contributed by atoms with Crippen LogP contribution in [0.2, 0.25) is 0 Å². The van der Waals surface area contributed by atoms with Crippen molar-refractivity contribution in [2.45, 2.75) is 12.1 Å². The van der Waals surface area contributed by atoms with E-state index in [1.807, 2.05) is 121 Å². The molecular formula is C26H25N2OP. The van der Waals surface area contributed by atoms with Crippen molar-refractivity contribution < 1.29 is 4.57 Å². The summed E-state index contributed by atoms with van der Waals surface area (Å²) in [5.41, 5.74) is 8.74. The number of rotatable bonds is 7. The summed E-state index contributed by atoms with van der Waals surface area (Å²) in [5.74, 6) is 0. The number of benzene rings is 4. The Morgan fingerprint density at radius 3 is 1.37 bits per heavy atom. The zero-order valence-corrected chi connectivity index (χ0v) is 17.5. The van der Waals surface area contributed by atoms with Gasteiger partial charge < -0.3 is 5.73 Å². The van der Waals surface area contributed by atoms with Crippen LogP contribution in [0.4, 0.5) is 0 Å². The third-order valence-electron chi connectivity index (χ3n) is 5.26. The molecule has 0 radical (unpaired) electrons. The molecule has 0 fully saturated rings. The summed E-state index contributed by atoms with van der Waals surface area (Å²) in [6, 6.07) is 38.4. The maximum absolute atomic E-state index is 14.6. The number of nitrogens with one attached hydrogen (secondary N) is 1. The highest BCUT2D eigenvalue weighted by Crippen LogP contribution is 2.44. The maximum atomic E-state index is 14.6. The molecule has 4 aromatic rings. The van der Waals surface area contributed by atoms with Gasteiger partial charge in [-0.2, -0.15) is 0 Å². The van der Waals surface area contributed by atoms with E-state index < -0.39 is 7.29 Å². The molecule has 2 unspecified atom stereocenters. The number of nitrogens with two attached hydrogens (primary N) is 1. The average Bonchev–Trinajstić information content (AvgIpc) is 2.84. The molecule has 0 amide bonds. The first kappa shape index (κ1) is 20.3. The molecule has 3 N–H and O–H groups in total. The van der Waals surface area contributed by atoms with Crippen LogP contribution in [-0.4, -0.2) is 0 Å². The van der Waals surface area contributed by atoms with Crippen molar-refractivity contribution in [3.63, 3.8) is 0 Å². The third kappa shape index (κ3) is 4.29. The molecule has 0 bridgehead atoms. The first-order valence-corrected chi connectivity index (χ1v) is 11.7. The Hall–Kier alpha value is -2.97. The predicted molar refractivity (Wildman–Crippen MR) is 125 cm³/mol. The van der Waals surface area contributed by atoms with Crippen molar-refractivity contribution in [3.05, 3.63) is 132 Å². The third-order valence-corrected chi connectivity index (χ3v) is 7.96. The zero-order chi connectivity index (χ0) is 20.8. The molecular weight excluding hydrogens is 387 g/mol. The van der Waals surface area contributed by atoms with Crippen LogP contribution < -0.4 is 21.4 Å². The normalized spacial score (nSPS) is 13.5. The minimum Gasteiger partial charge on any atom is -0.322 e. The summed E-state index contributed by atoms with van der Waals surface area (Å²) in [6.07, 6.45) is 0.